The van der Waals surface area contributed by atoms with Crippen molar-refractivity contribution in [2.45, 2.75) is 0 Å². The zero-order valence-corrected chi connectivity index (χ0v) is 26.2. The summed E-state index contributed by atoms with van der Waals surface area (Å²) in [5.41, 5.74) is 6.78. The van der Waals surface area contributed by atoms with Crippen LogP contribution in [0.2, 0.25) is 0 Å². The van der Waals surface area contributed by atoms with E-state index in [0.29, 0.717) is 17.5 Å². The molecule has 0 bridgehead atoms. The van der Waals surface area contributed by atoms with Gasteiger partial charge < -0.3 is 4.42 Å². The molecule has 10 aromatic rings. The third kappa shape index (κ3) is 4.55. The summed E-state index contributed by atoms with van der Waals surface area (Å²) < 4.78 is 6.41. The van der Waals surface area contributed by atoms with Crippen LogP contribution < -0.4 is 0 Å². The predicted octanol–water partition coefficient (Wildman–Crippen LogP) is 11.3. The molecule has 3 aromatic heterocycles. The molecular weight excluding hydrogens is 601 g/mol. The fraction of sp³-hybridized carbons (Fsp3) is 0. The zero-order chi connectivity index (χ0) is 32.3. The molecule has 0 aliphatic rings. The summed E-state index contributed by atoms with van der Waals surface area (Å²) in [6.07, 6.45) is 3.71. The van der Waals surface area contributed by atoms with Gasteiger partial charge in [-0.25, -0.2) is 15.0 Å². The molecular formula is C44H26N4O. The number of rotatable bonds is 4. The lowest BCUT2D eigenvalue weighted by Crippen LogP contribution is -2.00. The van der Waals surface area contributed by atoms with Crippen molar-refractivity contribution in [3.8, 4) is 45.3 Å². The van der Waals surface area contributed by atoms with E-state index in [1.165, 1.54) is 5.39 Å². The Morgan fingerprint density at radius 3 is 1.98 bits per heavy atom. The van der Waals surface area contributed by atoms with Crippen LogP contribution in [0.25, 0.3) is 99.5 Å². The molecule has 3 heterocycles. The molecule has 5 heteroatoms. The molecule has 0 unspecified atom stereocenters. The van der Waals surface area contributed by atoms with Crippen molar-refractivity contribution in [2.75, 3.05) is 0 Å². The number of furan rings is 1. The van der Waals surface area contributed by atoms with Crippen LogP contribution in [0, 0.1) is 0 Å². The molecule has 0 atom stereocenters. The van der Waals surface area contributed by atoms with Gasteiger partial charge in [-0.2, -0.15) is 0 Å². The highest BCUT2D eigenvalue weighted by Crippen LogP contribution is 2.42. The Bertz CT molecular complexity index is 2890. The van der Waals surface area contributed by atoms with Gasteiger partial charge in [0.05, 0.1) is 0 Å². The maximum atomic E-state index is 6.41. The molecule has 49 heavy (non-hydrogen) atoms. The third-order valence-corrected chi connectivity index (χ3v) is 9.38. The smallest absolute Gasteiger partial charge is 0.164 e. The van der Waals surface area contributed by atoms with E-state index in [0.717, 1.165) is 76.7 Å². The Morgan fingerprint density at radius 1 is 0.388 bits per heavy atom. The van der Waals surface area contributed by atoms with Crippen LogP contribution in [0.5, 0.6) is 0 Å². The van der Waals surface area contributed by atoms with Gasteiger partial charge in [0.25, 0.3) is 0 Å². The Balaban J connectivity index is 1.19. The summed E-state index contributed by atoms with van der Waals surface area (Å²) in [6.45, 7) is 0. The first-order valence-corrected chi connectivity index (χ1v) is 16.3. The average molecular weight is 627 g/mol. The molecule has 0 aliphatic heterocycles. The van der Waals surface area contributed by atoms with Crippen molar-refractivity contribution in [3.63, 3.8) is 0 Å². The highest BCUT2D eigenvalue weighted by atomic mass is 16.3. The van der Waals surface area contributed by atoms with Gasteiger partial charge in [-0.3, -0.25) is 4.98 Å². The van der Waals surface area contributed by atoms with E-state index in [4.69, 9.17) is 19.4 Å². The number of benzene rings is 7. The summed E-state index contributed by atoms with van der Waals surface area (Å²) in [4.78, 5) is 19.5. The highest BCUT2D eigenvalue weighted by molar-refractivity contribution is 6.18. The van der Waals surface area contributed by atoms with E-state index in [9.17, 15) is 0 Å². The average Bonchev–Trinajstić information content (AvgIpc) is 3.54. The van der Waals surface area contributed by atoms with Crippen molar-refractivity contribution >= 4 is 54.3 Å². The van der Waals surface area contributed by atoms with Crippen molar-refractivity contribution in [3.05, 3.63) is 158 Å². The topological polar surface area (TPSA) is 64.7 Å². The van der Waals surface area contributed by atoms with Gasteiger partial charge in [0.15, 0.2) is 17.5 Å². The number of aromatic nitrogens is 4. The quantitative estimate of drug-likeness (QED) is 0.194. The van der Waals surface area contributed by atoms with Crippen molar-refractivity contribution in [2.24, 2.45) is 0 Å². The van der Waals surface area contributed by atoms with Crippen LogP contribution in [0.3, 0.4) is 0 Å². The normalized spacial score (nSPS) is 11.7. The third-order valence-electron chi connectivity index (χ3n) is 9.38. The maximum Gasteiger partial charge on any atom is 0.164 e. The van der Waals surface area contributed by atoms with Gasteiger partial charge in [-0.05, 0) is 74.5 Å². The number of hydrogen-bond donors (Lipinski definition) is 0. The molecule has 0 N–H and O–H groups in total. The SMILES string of the molecule is c1ccc(-c2nc(-c3ccc4ccccc4c3)nc(-c3ccc(-c4cccc5oc6cc7cnccc7cc6c45)c4ccccc34)n2)cc1. The first kappa shape index (κ1) is 27.4. The Hall–Kier alpha value is -6.72. The second kappa shape index (κ2) is 10.9. The molecule has 0 radical (unpaired) electrons. The minimum Gasteiger partial charge on any atom is -0.456 e. The van der Waals surface area contributed by atoms with Crippen molar-refractivity contribution < 1.29 is 4.42 Å². The molecule has 0 amide bonds. The van der Waals surface area contributed by atoms with Crippen LogP contribution in [0.15, 0.2) is 162 Å². The monoisotopic (exact) mass is 626 g/mol. The van der Waals surface area contributed by atoms with Crippen LogP contribution in [-0.2, 0) is 0 Å². The molecule has 0 saturated heterocycles. The van der Waals surface area contributed by atoms with E-state index >= 15 is 0 Å². The first-order chi connectivity index (χ1) is 24.3. The fourth-order valence-electron chi connectivity index (χ4n) is 7.03. The lowest BCUT2D eigenvalue weighted by atomic mass is 9.92. The lowest BCUT2D eigenvalue weighted by Gasteiger charge is -2.14. The minimum absolute atomic E-state index is 0.631. The lowest BCUT2D eigenvalue weighted by molar-refractivity contribution is 0.669. The number of hydrogen-bond acceptors (Lipinski definition) is 5. The van der Waals surface area contributed by atoms with E-state index < -0.39 is 0 Å². The summed E-state index contributed by atoms with van der Waals surface area (Å²) in [6, 6.07) is 50.3. The van der Waals surface area contributed by atoms with Crippen molar-refractivity contribution in [1.82, 2.24) is 19.9 Å². The molecule has 0 spiro atoms. The summed E-state index contributed by atoms with van der Waals surface area (Å²) in [5, 5.41) is 8.87. The van der Waals surface area contributed by atoms with Gasteiger partial charge >= 0.3 is 0 Å². The van der Waals surface area contributed by atoms with Crippen LogP contribution >= 0.6 is 0 Å². The Labute approximate surface area is 281 Å². The second-order valence-corrected chi connectivity index (χ2v) is 12.3. The largest absolute Gasteiger partial charge is 0.456 e. The molecule has 5 nitrogen and oxygen atoms in total. The van der Waals surface area contributed by atoms with Gasteiger partial charge in [0.1, 0.15) is 11.2 Å². The number of nitrogens with zero attached hydrogens (tertiary/aromatic N) is 4. The summed E-state index contributed by atoms with van der Waals surface area (Å²) >= 11 is 0. The molecule has 0 fully saturated rings. The van der Waals surface area contributed by atoms with Crippen LogP contribution in [0.4, 0.5) is 0 Å². The van der Waals surface area contributed by atoms with E-state index in [-0.39, 0.29) is 0 Å². The van der Waals surface area contributed by atoms with Crippen molar-refractivity contribution in [1.29, 1.82) is 0 Å². The highest BCUT2D eigenvalue weighted by Gasteiger charge is 2.19. The fourth-order valence-corrected chi connectivity index (χ4v) is 7.03. The molecule has 0 saturated carbocycles. The summed E-state index contributed by atoms with van der Waals surface area (Å²) in [5.74, 6) is 1.91. The number of pyridine rings is 1. The van der Waals surface area contributed by atoms with Gasteiger partial charge in [-0.1, -0.05) is 109 Å². The van der Waals surface area contributed by atoms with E-state index in [1.807, 2.05) is 54.9 Å². The first-order valence-electron chi connectivity index (χ1n) is 16.3. The second-order valence-electron chi connectivity index (χ2n) is 12.3. The molecule has 228 valence electrons. The van der Waals surface area contributed by atoms with Gasteiger partial charge in [0, 0.05) is 45.2 Å². The van der Waals surface area contributed by atoms with Gasteiger partial charge in [0.2, 0.25) is 0 Å². The Morgan fingerprint density at radius 2 is 1.10 bits per heavy atom. The zero-order valence-electron chi connectivity index (χ0n) is 26.2. The maximum absolute atomic E-state index is 6.41. The molecule has 10 rings (SSSR count). The van der Waals surface area contributed by atoms with Crippen LogP contribution in [-0.4, -0.2) is 19.9 Å². The molecule has 0 aliphatic carbocycles. The van der Waals surface area contributed by atoms with E-state index in [2.05, 4.69) is 108 Å². The molecule has 7 aromatic carbocycles. The summed E-state index contributed by atoms with van der Waals surface area (Å²) in [7, 11) is 0. The standard InChI is InChI=1S/C44H26N4O/c1-2-10-28(11-3-1)42-46-43(31-18-17-27-9-4-5-12-29(27)23-31)48-44(47-42)37-20-19-35(33-13-6-7-14-34(33)37)36-15-8-16-39-41(36)38-24-30-21-22-45-26-32(30)25-40(38)49-39/h1-26H. The minimum atomic E-state index is 0.631. The Kier molecular flexibility index (Phi) is 6.11. The van der Waals surface area contributed by atoms with Crippen LogP contribution in [0.1, 0.15) is 0 Å². The predicted molar refractivity (Wildman–Crippen MR) is 199 cm³/mol. The number of fused-ring (bicyclic) bond motifs is 6. The van der Waals surface area contributed by atoms with Gasteiger partial charge in [-0.15, -0.1) is 0 Å². The van der Waals surface area contributed by atoms with E-state index in [1.54, 1.807) is 0 Å².